The van der Waals surface area contributed by atoms with Gasteiger partial charge < -0.3 is 5.32 Å². The normalized spacial score (nSPS) is 12.6. The Morgan fingerprint density at radius 1 is 1.38 bits per heavy atom. The van der Waals surface area contributed by atoms with E-state index in [9.17, 15) is 0 Å². The summed E-state index contributed by atoms with van der Waals surface area (Å²) < 4.78 is 0. The molecule has 0 bridgehead atoms. The van der Waals surface area contributed by atoms with E-state index in [4.69, 9.17) is 0 Å². The van der Waals surface area contributed by atoms with Gasteiger partial charge in [-0.3, -0.25) is 4.98 Å². The monoisotopic (exact) mass is 232 g/mol. The molecule has 0 saturated carbocycles. The molecule has 2 nitrogen and oxygen atoms in total. The van der Waals surface area contributed by atoms with Crippen molar-refractivity contribution in [3.05, 3.63) is 52.5 Å². The SMILES string of the molecule is CNC(CCc1cccnc1)c1cccs1. The maximum absolute atomic E-state index is 4.13. The minimum atomic E-state index is 0.459. The number of hydrogen-bond acceptors (Lipinski definition) is 3. The fraction of sp³-hybridized carbons (Fsp3) is 0.308. The van der Waals surface area contributed by atoms with Crippen molar-refractivity contribution in [2.75, 3.05) is 7.05 Å². The Bertz CT molecular complexity index is 397. The first kappa shape index (κ1) is 11.3. The molecule has 0 saturated heterocycles. The summed E-state index contributed by atoms with van der Waals surface area (Å²) in [4.78, 5) is 5.54. The Kier molecular flexibility index (Phi) is 4.08. The van der Waals surface area contributed by atoms with Gasteiger partial charge in [0.2, 0.25) is 0 Å². The van der Waals surface area contributed by atoms with Gasteiger partial charge in [-0.15, -0.1) is 11.3 Å². The first-order valence-corrected chi connectivity index (χ1v) is 6.37. The van der Waals surface area contributed by atoms with Gasteiger partial charge in [0, 0.05) is 23.3 Å². The van der Waals surface area contributed by atoms with Crippen LogP contribution in [-0.2, 0) is 6.42 Å². The number of nitrogens with zero attached hydrogens (tertiary/aromatic N) is 1. The number of nitrogens with one attached hydrogen (secondary N) is 1. The third-order valence-electron chi connectivity index (χ3n) is 2.68. The second-order valence-electron chi connectivity index (χ2n) is 3.76. The van der Waals surface area contributed by atoms with Crippen molar-refractivity contribution in [2.45, 2.75) is 18.9 Å². The zero-order chi connectivity index (χ0) is 11.2. The van der Waals surface area contributed by atoms with Crippen LogP contribution in [0.25, 0.3) is 0 Å². The van der Waals surface area contributed by atoms with Gasteiger partial charge in [0.15, 0.2) is 0 Å². The van der Waals surface area contributed by atoms with Crippen molar-refractivity contribution in [3.8, 4) is 0 Å². The molecule has 2 aromatic heterocycles. The number of rotatable bonds is 5. The van der Waals surface area contributed by atoms with Crippen molar-refractivity contribution in [2.24, 2.45) is 0 Å². The topological polar surface area (TPSA) is 24.9 Å². The summed E-state index contributed by atoms with van der Waals surface area (Å²) >= 11 is 1.81. The molecule has 0 spiro atoms. The van der Waals surface area contributed by atoms with Crippen LogP contribution in [0.5, 0.6) is 0 Å². The first-order chi connectivity index (χ1) is 7.90. The van der Waals surface area contributed by atoms with E-state index in [-0.39, 0.29) is 0 Å². The highest BCUT2D eigenvalue weighted by atomic mass is 32.1. The van der Waals surface area contributed by atoms with Crippen LogP contribution in [-0.4, -0.2) is 12.0 Å². The number of pyridine rings is 1. The standard InChI is InChI=1S/C13H16N2S/c1-14-12(13-5-3-9-16-13)7-6-11-4-2-8-15-10-11/h2-5,8-10,12,14H,6-7H2,1H3. The predicted octanol–water partition coefficient (Wildman–Crippen LogP) is 3.04. The van der Waals surface area contributed by atoms with E-state index in [0.29, 0.717) is 6.04 Å². The van der Waals surface area contributed by atoms with E-state index in [1.54, 1.807) is 0 Å². The van der Waals surface area contributed by atoms with E-state index < -0.39 is 0 Å². The second kappa shape index (κ2) is 5.77. The van der Waals surface area contributed by atoms with Gasteiger partial charge in [-0.25, -0.2) is 0 Å². The van der Waals surface area contributed by atoms with Gasteiger partial charge >= 0.3 is 0 Å². The summed E-state index contributed by atoms with van der Waals surface area (Å²) in [7, 11) is 2.02. The van der Waals surface area contributed by atoms with Crippen LogP contribution in [0.15, 0.2) is 42.0 Å². The maximum Gasteiger partial charge on any atom is 0.0415 e. The maximum atomic E-state index is 4.13. The van der Waals surface area contributed by atoms with Crippen molar-refractivity contribution in [1.29, 1.82) is 0 Å². The minimum absolute atomic E-state index is 0.459. The summed E-state index contributed by atoms with van der Waals surface area (Å²) in [5.41, 5.74) is 1.30. The average molecular weight is 232 g/mol. The molecule has 1 atom stereocenters. The summed E-state index contributed by atoms with van der Waals surface area (Å²) in [5.74, 6) is 0. The molecule has 0 aliphatic rings. The molecule has 0 aromatic carbocycles. The van der Waals surface area contributed by atoms with Gasteiger partial charge in [0.1, 0.15) is 0 Å². The lowest BCUT2D eigenvalue weighted by Gasteiger charge is -2.14. The van der Waals surface area contributed by atoms with Crippen molar-refractivity contribution >= 4 is 11.3 Å². The van der Waals surface area contributed by atoms with Crippen LogP contribution in [0.3, 0.4) is 0 Å². The molecule has 0 aliphatic heterocycles. The lowest BCUT2D eigenvalue weighted by molar-refractivity contribution is 0.557. The highest BCUT2D eigenvalue weighted by Gasteiger charge is 2.09. The average Bonchev–Trinajstić information content (AvgIpc) is 2.85. The molecule has 16 heavy (non-hydrogen) atoms. The quantitative estimate of drug-likeness (QED) is 0.857. The Balaban J connectivity index is 1.94. The van der Waals surface area contributed by atoms with E-state index >= 15 is 0 Å². The van der Waals surface area contributed by atoms with Crippen LogP contribution >= 0.6 is 11.3 Å². The molecular formula is C13H16N2S. The zero-order valence-corrected chi connectivity index (χ0v) is 10.2. The molecule has 2 aromatic rings. The fourth-order valence-corrected chi connectivity index (χ4v) is 2.65. The fourth-order valence-electron chi connectivity index (χ4n) is 1.78. The number of aromatic nitrogens is 1. The van der Waals surface area contributed by atoms with E-state index in [0.717, 1.165) is 12.8 Å². The van der Waals surface area contributed by atoms with Crippen LogP contribution < -0.4 is 5.32 Å². The molecule has 0 fully saturated rings. The summed E-state index contributed by atoms with van der Waals surface area (Å²) in [5, 5.41) is 5.49. The third kappa shape index (κ3) is 2.90. The van der Waals surface area contributed by atoms with Crippen LogP contribution in [0.2, 0.25) is 0 Å². The number of thiophene rings is 1. The van der Waals surface area contributed by atoms with Crippen LogP contribution in [0, 0.1) is 0 Å². The Hall–Kier alpha value is -1.19. The third-order valence-corrected chi connectivity index (χ3v) is 3.67. The smallest absolute Gasteiger partial charge is 0.0415 e. The van der Waals surface area contributed by atoms with Crippen molar-refractivity contribution in [3.63, 3.8) is 0 Å². The van der Waals surface area contributed by atoms with Gasteiger partial charge in [-0.1, -0.05) is 12.1 Å². The van der Waals surface area contributed by atoms with Gasteiger partial charge in [-0.2, -0.15) is 0 Å². The lowest BCUT2D eigenvalue weighted by Crippen LogP contribution is -2.15. The van der Waals surface area contributed by atoms with Crippen molar-refractivity contribution < 1.29 is 0 Å². The molecule has 0 aliphatic carbocycles. The molecule has 0 radical (unpaired) electrons. The van der Waals surface area contributed by atoms with Crippen LogP contribution in [0.4, 0.5) is 0 Å². The molecule has 1 unspecified atom stereocenters. The first-order valence-electron chi connectivity index (χ1n) is 5.49. The minimum Gasteiger partial charge on any atom is -0.312 e. The van der Waals surface area contributed by atoms with Gasteiger partial charge in [-0.05, 0) is 43.0 Å². The summed E-state index contributed by atoms with van der Waals surface area (Å²) in [6.45, 7) is 0. The van der Waals surface area contributed by atoms with Crippen LogP contribution in [0.1, 0.15) is 22.9 Å². The Labute approximate surface area is 100 Å². The van der Waals surface area contributed by atoms with Crippen molar-refractivity contribution in [1.82, 2.24) is 10.3 Å². The molecule has 2 heterocycles. The lowest BCUT2D eigenvalue weighted by atomic mass is 10.1. The molecule has 3 heteroatoms. The molecule has 1 N–H and O–H groups in total. The van der Waals surface area contributed by atoms with Gasteiger partial charge in [0.05, 0.1) is 0 Å². The largest absolute Gasteiger partial charge is 0.312 e. The summed E-state index contributed by atoms with van der Waals surface area (Å²) in [6.07, 6.45) is 5.94. The molecular weight excluding hydrogens is 216 g/mol. The highest BCUT2D eigenvalue weighted by molar-refractivity contribution is 7.10. The summed E-state index contributed by atoms with van der Waals surface area (Å²) in [6, 6.07) is 8.88. The van der Waals surface area contributed by atoms with E-state index in [1.807, 2.05) is 36.8 Å². The second-order valence-corrected chi connectivity index (χ2v) is 4.74. The van der Waals surface area contributed by atoms with E-state index in [1.165, 1.54) is 10.4 Å². The molecule has 84 valence electrons. The van der Waals surface area contributed by atoms with Gasteiger partial charge in [0.25, 0.3) is 0 Å². The van der Waals surface area contributed by atoms with E-state index in [2.05, 4.69) is 33.9 Å². The molecule has 0 amide bonds. The Morgan fingerprint density at radius 2 is 2.31 bits per heavy atom. The predicted molar refractivity (Wildman–Crippen MR) is 68.7 cm³/mol. The highest BCUT2D eigenvalue weighted by Crippen LogP contribution is 2.22. The Morgan fingerprint density at radius 3 is 2.94 bits per heavy atom. The number of hydrogen-bond donors (Lipinski definition) is 1. The zero-order valence-electron chi connectivity index (χ0n) is 9.39. The number of aryl methyl sites for hydroxylation is 1. The molecule has 2 rings (SSSR count).